The van der Waals surface area contributed by atoms with Crippen LogP contribution in [0.5, 0.6) is 0 Å². The Morgan fingerprint density at radius 1 is 1.67 bits per heavy atom. The summed E-state index contributed by atoms with van der Waals surface area (Å²) in [6.07, 6.45) is 3.87. The standard InChI is InChI=1S/C10H12INO3/c11-7-4-9(10(13)14)12(5-7)8-2-1-3-15-6-8/h4-5,8H,1-3,6H2,(H,13,14). The molecule has 0 saturated carbocycles. The summed E-state index contributed by atoms with van der Waals surface area (Å²) in [5, 5.41) is 9.04. The molecule has 1 saturated heterocycles. The Hall–Kier alpha value is -0.560. The minimum atomic E-state index is -0.872. The van der Waals surface area contributed by atoms with E-state index in [9.17, 15) is 4.79 Å². The summed E-state index contributed by atoms with van der Waals surface area (Å²) in [6, 6.07) is 1.87. The number of rotatable bonds is 2. The van der Waals surface area contributed by atoms with E-state index in [2.05, 4.69) is 22.6 Å². The van der Waals surface area contributed by atoms with Crippen LogP contribution in [-0.2, 0) is 4.74 Å². The summed E-state index contributed by atoms with van der Waals surface area (Å²) in [4.78, 5) is 11.0. The van der Waals surface area contributed by atoms with Crippen LogP contribution in [-0.4, -0.2) is 28.9 Å². The zero-order chi connectivity index (χ0) is 10.8. The van der Waals surface area contributed by atoms with Gasteiger partial charge in [0.2, 0.25) is 0 Å². The molecule has 0 aliphatic carbocycles. The lowest BCUT2D eigenvalue weighted by atomic mass is 10.1. The molecule has 2 heterocycles. The zero-order valence-corrected chi connectivity index (χ0v) is 10.3. The van der Waals surface area contributed by atoms with Crippen LogP contribution in [0.2, 0.25) is 0 Å². The second-order valence-electron chi connectivity index (χ2n) is 3.63. The monoisotopic (exact) mass is 321 g/mol. The van der Waals surface area contributed by atoms with Gasteiger partial charge in [0.1, 0.15) is 5.69 Å². The molecular formula is C10H12INO3. The number of carbonyl (C=O) groups is 1. The van der Waals surface area contributed by atoms with Crippen molar-refractivity contribution in [3.05, 3.63) is 21.5 Å². The molecule has 1 aliphatic rings. The maximum atomic E-state index is 11.0. The van der Waals surface area contributed by atoms with Crippen molar-refractivity contribution in [3.8, 4) is 0 Å². The molecule has 0 bridgehead atoms. The lowest BCUT2D eigenvalue weighted by Crippen LogP contribution is -2.23. The van der Waals surface area contributed by atoms with Crippen molar-refractivity contribution in [1.29, 1.82) is 0 Å². The molecule has 5 heteroatoms. The minimum Gasteiger partial charge on any atom is -0.477 e. The van der Waals surface area contributed by atoms with E-state index >= 15 is 0 Å². The van der Waals surface area contributed by atoms with Gasteiger partial charge < -0.3 is 14.4 Å². The Morgan fingerprint density at radius 3 is 3.07 bits per heavy atom. The van der Waals surface area contributed by atoms with E-state index in [1.165, 1.54) is 0 Å². The summed E-state index contributed by atoms with van der Waals surface area (Å²) in [5.74, 6) is -0.872. The molecule has 0 radical (unpaired) electrons. The fraction of sp³-hybridized carbons (Fsp3) is 0.500. The van der Waals surface area contributed by atoms with Gasteiger partial charge in [-0.1, -0.05) is 0 Å². The number of carboxylic acid groups (broad SMARTS) is 1. The first-order chi connectivity index (χ1) is 7.18. The highest BCUT2D eigenvalue weighted by Crippen LogP contribution is 2.23. The number of carboxylic acids is 1. The number of aromatic carboxylic acids is 1. The van der Waals surface area contributed by atoms with Crippen molar-refractivity contribution in [2.75, 3.05) is 13.2 Å². The first-order valence-corrected chi connectivity index (χ1v) is 5.95. The van der Waals surface area contributed by atoms with Gasteiger partial charge in [0.05, 0.1) is 12.6 Å². The third-order valence-corrected chi connectivity index (χ3v) is 3.15. The third-order valence-electron chi connectivity index (χ3n) is 2.56. The first-order valence-electron chi connectivity index (χ1n) is 4.87. The average Bonchev–Trinajstić information content (AvgIpc) is 2.62. The van der Waals surface area contributed by atoms with Crippen molar-refractivity contribution in [1.82, 2.24) is 4.57 Å². The zero-order valence-electron chi connectivity index (χ0n) is 8.15. The lowest BCUT2D eigenvalue weighted by molar-refractivity contribution is 0.0540. The lowest BCUT2D eigenvalue weighted by Gasteiger charge is -2.24. The fourth-order valence-corrected chi connectivity index (χ4v) is 2.46. The number of aromatic nitrogens is 1. The third kappa shape index (κ3) is 2.34. The van der Waals surface area contributed by atoms with Crippen LogP contribution in [0.3, 0.4) is 0 Å². The van der Waals surface area contributed by atoms with Crippen LogP contribution in [0, 0.1) is 3.57 Å². The molecule has 15 heavy (non-hydrogen) atoms. The molecular weight excluding hydrogens is 309 g/mol. The van der Waals surface area contributed by atoms with Crippen LogP contribution < -0.4 is 0 Å². The van der Waals surface area contributed by atoms with Gasteiger partial charge in [-0.05, 0) is 41.5 Å². The van der Waals surface area contributed by atoms with Crippen molar-refractivity contribution >= 4 is 28.6 Å². The molecule has 82 valence electrons. The van der Waals surface area contributed by atoms with Gasteiger partial charge in [-0.15, -0.1) is 0 Å². The van der Waals surface area contributed by atoms with E-state index < -0.39 is 5.97 Å². The van der Waals surface area contributed by atoms with Crippen LogP contribution in [0.15, 0.2) is 12.3 Å². The molecule has 1 atom stereocenters. The second-order valence-corrected chi connectivity index (χ2v) is 4.87. The fourth-order valence-electron chi connectivity index (χ4n) is 1.86. The van der Waals surface area contributed by atoms with Gasteiger partial charge in [0, 0.05) is 16.4 Å². The number of ether oxygens (including phenoxy) is 1. The molecule has 0 aromatic carbocycles. The van der Waals surface area contributed by atoms with Crippen LogP contribution >= 0.6 is 22.6 Å². The van der Waals surface area contributed by atoms with Gasteiger partial charge in [0.25, 0.3) is 0 Å². The molecule has 1 aromatic rings. The predicted molar refractivity (Wildman–Crippen MR) is 63.2 cm³/mol. The molecule has 1 aromatic heterocycles. The molecule has 0 spiro atoms. The summed E-state index contributed by atoms with van der Waals surface area (Å²) in [5.41, 5.74) is 0.356. The average molecular weight is 321 g/mol. The van der Waals surface area contributed by atoms with Crippen molar-refractivity contribution in [2.24, 2.45) is 0 Å². The van der Waals surface area contributed by atoms with E-state index in [1.807, 2.05) is 10.8 Å². The predicted octanol–water partition coefficient (Wildman–Crippen LogP) is 2.14. The van der Waals surface area contributed by atoms with Crippen LogP contribution in [0.4, 0.5) is 0 Å². The normalized spacial score (nSPS) is 21.5. The summed E-state index contributed by atoms with van der Waals surface area (Å²) in [7, 11) is 0. The van der Waals surface area contributed by atoms with Gasteiger partial charge in [-0.3, -0.25) is 0 Å². The maximum absolute atomic E-state index is 11.0. The minimum absolute atomic E-state index is 0.174. The van der Waals surface area contributed by atoms with E-state index in [0.29, 0.717) is 12.3 Å². The van der Waals surface area contributed by atoms with Crippen LogP contribution in [0.25, 0.3) is 0 Å². The molecule has 4 nitrogen and oxygen atoms in total. The number of hydrogen-bond donors (Lipinski definition) is 1. The highest BCUT2D eigenvalue weighted by atomic mass is 127. The molecule has 0 amide bonds. The Bertz CT molecular complexity index is 369. The Balaban J connectivity index is 2.28. The number of nitrogens with zero attached hydrogens (tertiary/aromatic N) is 1. The largest absolute Gasteiger partial charge is 0.477 e. The van der Waals surface area contributed by atoms with E-state index in [4.69, 9.17) is 9.84 Å². The maximum Gasteiger partial charge on any atom is 0.352 e. The van der Waals surface area contributed by atoms with Gasteiger partial charge >= 0.3 is 5.97 Å². The molecule has 1 fully saturated rings. The second kappa shape index (κ2) is 4.52. The first kappa shape index (κ1) is 10.9. The van der Waals surface area contributed by atoms with Crippen molar-refractivity contribution < 1.29 is 14.6 Å². The van der Waals surface area contributed by atoms with Crippen molar-refractivity contribution in [2.45, 2.75) is 18.9 Å². The quantitative estimate of drug-likeness (QED) is 0.849. The summed E-state index contributed by atoms with van der Waals surface area (Å²) < 4.78 is 8.14. The van der Waals surface area contributed by atoms with Gasteiger partial charge in [-0.2, -0.15) is 0 Å². The van der Waals surface area contributed by atoms with Gasteiger partial charge in [-0.25, -0.2) is 4.79 Å². The smallest absolute Gasteiger partial charge is 0.352 e. The van der Waals surface area contributed by atoms with Crippen molar-refractivity contribution in [3.63, 3.8) is 0 Å². The molecule has 1 aliphatic heterocycles. The summed E-state index contributed by atoms with van der Waals surface area (Å²) in [6.45, 7) is 1.41. The number of hydrogen-bond acceptors (Lipinski definition) is 2. The van der Waals surface area contributed by atoms with Crippen LogP contribution in [0.1, 0.15) is 29.4 Å². The topological polar surface area (TPSA) is 51.5 Å². The van der Waals surface area contributed by atoms with E-state index in [-0.39, 0.29) is 6.04 Å². The van der Waals surface area contributed by atoms with E-state index in [0.717, 1.165) is 23.0 Å². The highest BCUT2D eigenvalue weighted by molar-refractivity contribution is 14.1. The van der Waals surface area contributed by atoms with E-state index in [1.54, 1.807) is 6.07 Å². The highest BCUT2D eigenvalue weighted by Gasteiger charge is 2.21. The number of halogens is 1. The van der Waals surface area contributed by atoms with Gasteiger partial charge in [0.15, 0.2) is 0 Å². The molecule has 2 rings (SSSR count). The Labute approximate surface area is 101 Å². The molecule has 1 unspecified atom stereocenters. The molecule has 1 N–H and O–H groups in total. The Morgan fingerprint density at radius 2 is 2.47 bits per heavy atom. The summed E-state index contributed by atoms with van der Waals surface area (Å²) >= 11 is 2.13. The SMILES string of the molecule is O=C(O)c1cc(I)cn1C1CCCOC1. The Kier molecular flexibility index (Phi) is 3.30.